The Labute approximate surface area is 243 Å². The van der Waals surface area contributed by atoms with Crippen LogP contribution in [-0.2, 0) is 28.7 Å². The van der Waals surface area contributed by atoms with Gasteiger partial charge in [0.1, 0.15) is 0 Å². The molecule has 42 heavy (non-hydrogen) atoms. The van der Waals surface area contributed by atoms with E-state index in [1.165, 1.54) is 0 Å². The normalized spacial score (nSPS) is 18.2. The van der Waals surface area contributed by atoms with Crippen LogP contribution in [0.4, 0.5) is 0 Å². The summed E-state index contributed by atoms with van der Waals surface area (Å²) in [5.41, 5.74) is 2.40. The Morgan fingerprint density at radius 1 is 0.643 bits per heavy atom. The number of ether oxygens (including phenoxy) is 2. The lowest BCUT2D eigenvalue weighted by Gasteiger charge is -2.43. The van der Waals surface area contributed by atoms with Crippen LogP contribution in [0.5, 0.6) is 0 Å². The van der Waals surface area contributed by atoms with Crippen LogP contribution in [0.1, 0.15) is 45.7 Å². The molecule has 0 N–H and O–H groups in total. The van der Waals surface area contributed by atoms with Gasteiger partial charge >= 0.3 is 11.9 Å². The molecular formula is C30H34N4O8. The number of hydrogen-bond donors (Lipinski definition) is 0. The molecule has 0 bridgehead atoms. The molecule has 2 saturated heterocycles. The first-order valence-electron chi connectivity index (χ1n) is 13.6. The molecule has 0 unspecified atom stereocenters. The third kappa shape index (κ3) is 7.07. The summed E-state index contributed by atoms with van der Waals surface area (Å²) in [6, 6.07) is 12.8. The molecule has 0 aliphatic carbocycles. The molecule has 12 heteroatoms. The monoisotopic (exact) mass is 578 g/mol. The largest absolute Gasteiger partial charge is 0.440 e. The second kappa shape index (κ2) is 13.0. The molecule has 4 amide bonds. The lowest BCUT2D eigenvalue weighted by Crippen LogP contribution is -2.63. The zero-order chi connectivity index (χ0) is 30.6. The first-order chi connectivity index (χ1) is 19.9. The molecule has 2 aromatic carbocycles. The van der Waals surface area contributed by atoms with E-state index in [1.54, 1.807) is 46.2 Å². The van der Waals surface area contributed by atoms with Gasteiger partial charge in [-0.2, -0.15) is 0 Å². The minimum Gasteiger partial charge on any atom is -0.440 e. The maximum absolute atomic E-state index is 12.8. The topological polar surface area (TPSA) is 134 Å². The lowest BCUT2D eigenvalue weighted by atomic mass is 10.1. The van der Waals surface area contributed by atoms with Gasteiger partial charge < -0.3 is 9.47 Å². The molecule has 2 aromatic rings. The predicted octanol–water partition coefficient (Wildman–Crippen LogP) is 1.35. The molecule has 2 atom stereocenters. The SMILES string of the molecule is Cc1cccc(C(=O)OCN2C(=O)CN([C@H](C)[C@H](C)N3CC(=O)N(COC(=O)c4cccc(C)c4)C(=O)C3)CC2=O)c1. The van der Waals surface area contributed by atoms with Gasteiger partial charge in [-0.1, -0.05) is 35.4 Å². The molecule has 2 aliphatic heterocycles. The van der Waals surface area contributed by atoms with Gasteiger partial charge in [-0.25, -0.2) is 19.4 Å². The molecule has 0 aromatic heterocycles. The van der Waals surface area contributed by atoms with Crippen molar-refractivity contribution in [1.29, 1.82) is 0 Å². The van der Waals surface area contributed by atoms with Crippen molar-refractivity contribution < 1.29 is 38.2 Å². The van der Waals surface area contributed by atoms with Crippen LogP contribution in [0.25, 0.3) is 0 Å². The predicted molar refractivity (Wildman–Crippen MR) is 149 cm³/mol. The number of esters is 2. The molecule has 0 radical (unpaired) electrons. The third-order valence-corrected chi connectivity index (χ3v) is 7.56. The van der Waals surface area contributed by atoms with Crippen molar-refractivity contribution in [3.63, 3.8) is 0 Å². The Hall–Kier alpha value is -4.42. The second-order valence-electron chi connectivity index (χ2n) is 10.6. The summed E-state index contributed by atoms with van der Waals surface area (Å²) >= 11 is 0. The van der Waals surface area contributed by atoms with E-state index in [9.17, 15) is 28.8 Å². The maximum Gasteiger partial charge on any atom is 0.339 e. The van der Waals surface area contributed by atoms with Gasteiger partial charge in [0.2, 0.25) is 23.6 Å². The highest BCUT2D eigenvalue weighted by Gasteiger charge is 2.40. The fourth-order valence-corrected chi connectivity index (χ4v) is 4.86. The number of carbonyl (C=O) groups excluding carboxylic acids is 6. The maximum atomic E-state index is 12.8. The molecule has 4 rings (SSSR count). The Balaban J connectivity index is 1.28. The number of benzene rings is 2. The number of rotatable bonds is 9. The van der Waals surface area contributed by atoms with E-state index in [0.29, 0.717) is 11.1 Å². The van der Waals surface area contributed by atoms with Crippen molar-refractivity contribution in [2.24, 2.45) is 0 Å². The van der Waals surface area contributed by atoms with Gasteiger partial charge in [0.15, 0.2) is 13.5 Å². The third-order valence-electron chi connectivity index (χ3n) is 7.56. The standard InChI is InChI=1S/C30H34N4O8/c1-19-7-5-9-23(11-19)29(39)41-17-33-25(35)13-31(14-26(33)36)21(3)22(4)32-15-27(37)34(28(38)16-32)18-42-30(40)24-10-6-8-20(2)12-24/h5-12,21-22H,13-18H2,1-4H3/t21-,22+. The van der Waals surface area contributed by atoms with E-state index in [-0.39, 0.29) is 38.3 Å². The molecule has 2 heterocycles. The minimum absolute atomic E-state index is 0.101. The van der Waals surface area contributed by atoms with Crippen molar-refractivity contribution in [3.05, 3.63) is 70.8 Å². The highest BCUT2D eigenvalue weighted by Crippen LogP contribution is 2.18. The summed E-state index contributed by atoms with van der Waals surface area (Å²) < 4.78 is 10.4. The molecule has 222 valence electrons. The van der Waals surface area contributed by atoms with Gasteiger partial charge in [0.05, 0.1) is 37.3 Å². The summed E-state index contributed by atoms with van der Waals surface area (Å²) in [6.07, 6.45) is 0. The first-order valence-corrected chi connectivity index (χ1v) is 13.6. The molecular weight excluding hydrogens is 544 g/mol. The molecule has 2 fully saturated rings. The quantitative estimate of drug-likeness (QED) is 0.317. The highest BCUT2D eigenvalue weighted by molar-refractivity contribution is 6.00. The molecule has 2 aliphatic rings. The van der Waals surface area contributed by atoms with E-state index in [0.717, 1.165) is 20.9 Å². The number of amides is 4. The van der Waals surface area contributed by atoms with E-state index < -0.39 is 49.0 Å². The average molecular weight is 579 g/mol. The zero-order valence-corrected chi connectivity index (χ0v) is 24.1. The van der Waals surface area contributed by atoms with E-state index in [1.807, 2.05) is 39.8 Å². The van der Waals surface area contributed by atoms with Crippen molar-refractivity contribution in [2.45, 2.75) is 39.8 Å². The lowest BCUT2D eigenvalue weighted by molar-refractivity contribution is -0.161. The van der Waals surface area contributed by atoms with Crippen LogP contribution >= 0.6 is 0 Å². The fraction of sp³-hybridized carbons (Fsp3) is 0.400. The zero-order valence-electron chi connectivity index (χ0n) is 24.1. The number of aryl methyl sites for hydroxylation is 2. The molecule has 0 saturated carbocycles. The van der Waals surface area contributed by atoms with Gasteiger partial charge in [-0.15, -0.1) is 0 Å². The van der Waals surface area contributed by atoms with Crippen LogP contribution in [0.2, 0.25) is 0 Å². The number of nitrogens with zero attached hydrogens (tertiary/aromatic N) is 4. The fourth-order valence-electron chi connectivity index (χ4n) is 4.86. The summed E-state index contributed by atoms with van der Waals surface area (Å²) in [5, 5.41) is 0. The number of hydrogen-bond acceptors (Lipinski definition) is 10. The van der Waals surface area contributed by atoms with Gasteiger partial charge in [-0.05, 0) is 52.0 Å². The van der Waals surface area contributed by atoms with Crippen molar-refractivity contribution >= 4 is 35.6 Å². The second-order valence-corrected chi connectivity index (χ2v) is 10.6. The Kier molecular flexibility index (Phi) is 9.48. The summed E-state index contributed by atoms with van der Waals surface area (Å²) in [5.74, 6) is -3.35. The van der Waals surface area contributed by atoms with Gasteiger partial charge in [0.25, 0.3) is 0 Å². The highest BCUT2D eigenvalue weighted by atomic mass is 16.6. The Bertz CT molecular complexity index is 1270. The van der Waals surface area contributed by atoms with Crippen molar-refractivity contribution in [1.82, 2.24) is 19.6 Å². The number of piperazine rings is 2. The minimum atomic E-state index is -0.637. The van der Waals surface area contributed by atoms with Crippen molar-refractivity contribution in [2.75, 3.05) is 39.6 Å². The summed E-state index contributed by atoms with van der Waals surface area (Å²) in [6.45, 7) is 5.91. The Morgan fingerprint density at radius 3 is 1.29 bits per heavy atom. The van der Waals surface area contributed by atoms with E-state index >= 15 is 0 Å². The van der Waals surface area contributed by atoms with Crippen LogP contribution in [-0.4, -0.2) is 107 Å². The number of carbonyl (C=O) groups is 6. The van der Waals surface area contributed by atoms with Gasteiger partial charge in [0, 0.05) is 12.1 Å². The van der Waals surface area contributed by atoms with Crippen LogP contribution in [0, 0.1) is 13.8 Å². The molecule has 0 spiro atoms. The van der Waals surface area contributed by atoms with Gasteiger partial charge in [-0.3, -0.25) is 29.0 Å². The Morgan fingerprint density at radius 2 is 0.976 bits per heavy atom. The van der Waals surface area contributed by atoms with Crippen LogP contribution < -0.4 is 0 Å². The van der Waals surface area contributed by atoms with E-state index in [4.69, 9.17) is 9.47 Å². The smallest absolute Gasteiger partial charge is 0.339 e. The molecule has 12 nitrogen and oxygen atoms in total. The van der Waals surface area contributed by atoms with Crippen LogP contribution in [0.3, 0.4) is 0 Å². The van der Waals surface area contributed by atoms with Crippen molar-refractivity contribution in [3.8, 4) is 0 Å². The summed E-state index contributed by atoms with van der Waals surface area (Å²) in [7, 11) is 0. The van der Waals surface area contributed by atoms with Crippen LogP contribution in [0.15, 0.2) is 48.5 Å². The van der Waals surface area contributed by atoms with E-state index in [2.05, 4.69) is 0 Å². The number of imide groups is 2. The first kappa shape index (κ1) is 30.5. The summed E-state index contributed by atoms with van der Waals surface area (Å²) in [4.78, 5) is 81.1. The average Bonchev–Trinajstić information content (AvgIpc) is 2.95.